The van der Waals surface area contributed by atoms with Crippen LogP contribution in [0.1, 0.15) is 361 Å². The number of hydrogen-bond donors (Lipinski definition) is 12. The molecule has 17 atom stereocenters. The van der Waals surface area contributed by atoms with Gasteiger partial charge in [-0.05, 0) is 77.0 Å². The van der Waals surface area contributed by atoms with E-state index in [0.29, 0.717) is 12.8 Å². The maximum absolute atomic E-state index is 13.5. The summed E-state index contributed by atoms with van der Waals surface area (Å²) < 4.78 is 34.5. The second kappa shape index (κ2) is 67.9. The smallest absolute Gasteiger partial charge is 0.220 e. The van der Waals surface area contributed by atoms with E-state index in [1.165, 1.54) is 276 Å². The number of allylic oxidation sites excluding steroid dienone is 9. The van der Waals surface area contributed by atoms with Crippen molar-refractivity contribution in [1.82, 2.24) is 5.32 Å². The normalized spacial score (nSPS) is 25.8. The van der Waals surface area contributed by atoms with Crippen LogP contribution in [0.25, 0.3) is 0 Å². The molecule has 19 nitrogen and oxygen atoms in total. The Morgan fingerprint density at radius 1 is 0.336 bits per heavy atom. The number of ether oxygens (including phenoxy) is 6. The zero-order valence-electron chi connectivity index (χ0n) is 67.4. The highest BCUT2D eigenvalue weighted by molar-refractivity contribution is 5.76. The molecule has 3 rings (SSSR count). The number of aliphatic hydroxyl groups excluding tert-OH is 11. The van der Waals surface area contributed by atoms with Crippen molar-refractivity contribution >= 4 is 5.91 Å². The first-order valence-electron chi connectivity index (χ1n) is 44.0. The first-order valence-corrected chi connectivity index (χ1v) is 44.0. The van der Waals surface area contributed by atoms with Crippen molar-refractivity contribution in [2.45, 2.75) is 465 Å². The van der Waals surface area contributed by atoms with Gasteiger partial charge in [0.25, 0.3) is 0 Å². The Bertz CT molecular complexity index is 2160. The van der Waals surface area contributed by atoms with Gasteiger partial charge in [0, 0.05) is 6.42 Å². The monoisotopic (exact) mass is 1520 g/mol. The largest absolute Gasteiger partial charge is 0.394 e. The van der Waals surface area contributed by atoms with Crippen LogP contribution >= 0.6 is 0 Å². The molecule has 0 aliphatic carbocycles. The molecule has 0 radical (unpaired) electrons. The van der Waals surface area contributed by atoms with Crippen LogP contribution in [0.2, 0.25) is 0 Å². The molecular weight excluding hydrogens is 1360 g/mol. The van der Waals surface area contributed by atoms with Crippen LogP contribution in [-0.4, -0.2) is 193 Å². The summed E-state index contributed by atoms with van der Waals surface area (Å²) in [6.07, 6.45) is 62.4. The van der Waals surface area contributed by atoms with Crippen molar-refractivity contribution < 1.29 is 89.4 Å². The molecule has 12 N–H and O–H groups in total. The lowest BCUT2D eigenvalue weighted by Crippen LogP contribution is -2.66. The molecule has 3 saturated heterocycles. The Morgan fingerprint density at radius 2 is 0.626 bits per heavy atom. The van der Waals surface area contributed by atoms with Crippen LogP contribution in [0.15, 0.2) is 60.8 Å². The maximum Gasteiger partial charge on any atom is 0.220 e. The number of hydrogen-bond acceptors (Lipinski definition) is 18. The number of carbonyl (C=O) groups is 1. The van der Waals surface area contributed by atoms with E-state index in [4.69, 9.17) is 28.4 Å². The van der Waals surface area contributed by atoms with Crippen LogP contribution in [0.5, 0.6) is 0 Å². The Labute approximate surface area is 649 Å². The number of unbranched alkanes of at least 4 members (excludes halogenated alkanes) is 47. The van der Waals surface area contributed by atoms with Gasteiger partial charge in [0.2, 0.25) is 5.91 Å². The molecule has 17 unspecified atom stereocenters. The number of aliphatic hydroxyl groups is 11. The Morgan fingerprint density at radius 3 is 0.991 bits per heavy atom. The fourth-order valence-corrected chi connectivity index (χ4v) is 14.7. The quantitative estimate of drug-likeness (QED) is 0.0199. The van der Waals surface area contributed by atoms with E-state index in [-0.39, 0.29) is 18.9 Å². The molecule has 0 bridgehead atoms. The Kier molecular flexibility index (Phi) is 62.7. The van der Waals surface area contributed by atoms with Crippen LogP contribution in [0.3, 0.4) is 0 Å². The average molecular weight is 1520 g/mol. The van der Waals surface area contributed by atoms with Gasteiger partial charge >= 0.3 is 0 Å². The third kappa shape index (κ3) is 47.1. The van der Waals surface area contributed by atoms with E-state index in [1.54, 1.807) is 6.08 Å². The standard InChI is InChI=1S/C88H161NO18/c1-3-5-7-9-11-13-15-17-19-21-23-25-27-29-30-31-32-33-34-35-36-37-38-39-40-42-44-46-48-50-52-54-56-58-60-62-64-66-76(94)89-71(72(93)65-63-61-59-57-55-53-51-49-47-45-43-41-28-26-24-22-20-18-16-14-12-10-8-6-4-2)70-102-86-82(100)79(97)84(74(68-91)104-86)107-88-83(101)80(98)85(75(69-92)105-88)106-87-81(99)78(96)77(95)73(67-90)103-87/h15,17,21,23,47,49,55,57,63,65,71-75,77-88,90-93,95-101H,3-14,16,18-20,22,24-46,48,50-54,56,58-62,64,66-70H2,1-2H3,(H,89,94)/b17-15-,23-21-,49-47+,57-55+,65-63+. The van der Waals surface area contributed by atoms with Gasteiger partial charge < -0.3 is 89.9 Å². The summed E-state index contributed by atoms with van der Waals surface area (Å²) in [6, 6.07) is -0.999. The second-order valence-electron chi connectivity index (χ2n) is 31.3. The lowest BCUT2D eigenvalue weighted by molar-refractivity contribution is -0.379. The summed E-state index contributed by atoms with van der Waals surface area (Å²) in [5, 5.41) is 121. The molecule has 3 fully saturated rings. The van der Waals surface area contributed by atoms with Crippen LogP contribution in [0.4, 0.5) is 0 Å². The van der Waals surface area contributed by atoms with Crippen molar-refractivity contribution in [2.75, 3.05) is 26.4 Å². The minimum Gasteiger partial charge on any atom is -0.394 e. The zero-order chi connectivity index (χ0) is 77.4. The minimum atomic E-state index is -1.98. The van der Waals surface area contributed by atoms with Crippen molar-refractivity contribution in [3.63, 3.8) is 0 Å². The molecule has 3 aliphatic heterocycles. The molecule has 1 amide bonds. The first kappa shape index (κ1) is 98.7. The minimum absolute atomic E-state index is 0.234. The average Bonchev–Trinajstić information content (AvgIpc) is 0.781. The highest BCUT2D eigenvalue weighted by Gasteiger charge is 2.54. The van der Waals surface area contributed by atoms with Crippen molar-refractivity contribution in [2.24, 2.45) is 0 Å². The highest BCUT2D eigenvalue weighted by Crippen LogP contribution is 2.33. The van der Waals surface area contributed by atoms with Gasteiger partial charge in [0.15, 0.2) is 18.9 Å². The summed E-state index contributed by atoms with van der Waals surface area (Å²) in [6.45, 7) is 1.75. The molecule has 3 heterocycles. The Hall–Kier alpha value is -2.51. The molecule has 626 valence electrons. The number of carbonyl (C=O) groups excluding carboxylic acids is 1. The van der Waals surface area contributed by atoms with Crippen molar-refractivity contribution in [3.05, 3.63) is 60.8 Å². The van der Waals surface area contributed by atoms with Gasteiger partial charge in [-0.2, -0.15) is 0 Å². The fourth-order valence-electron chi connectivity index (χ4n) is 14.7. The van der Waals surface area contributed by atoms with E-state index in [0.717, 1.165) is 51.4 Å². The summed E-state index contributed by atoms with van der Waals surface area (Å²) in [7, 11) is 0. The van der Waals surface area contributed by atoms with Gasteiger partial charge in [-0.3, -0.25) is 4.79 Å². The molecular formula is C88H161NO18. The van der Waals surface area contributed by atoms with Crippen LogP contribution < -0.4 is 5.32 Å². The summed E-state index contributed by atoms with van der Waals surface area (Å²) in [5.74, 6) is -0.283. The number of nitrogens with one attached hydrogen (secondary N) is 1. The third-order valence-electron chi connectivity index (χ3n) is 21.8. The molecule has 3 aliphatic rings. The summed E-state index contributed by atoms with van der Waals surface area (Å²) >= 11 is 0. The summed E-state index contributed by atoms with van der Waals surface area (Å²) in [5.41, 5.74) is 0. The fraction of sp³-hybridized carbons (Fsp3) is 0.875. The van der Waals surface area contributed by atoms with Gasteiger partial charge in [-0.25, -0.2) is 0 Å². The third-order valence-corrected chi connectivity index (χ3v) is 21.8. The molecule has 0 aromatic heterocycles. The first-order chi connectivity index (χ1) is 52.3. The lowest BCUT2D eigenvalue weighted by atomic mass is 9.96. The maximum atomic E-state index is 13.5. The predicted molar refractivity (Wildman–Crippen MR) is 429 cm³/mol. The molecule has 107 heavy (non-hydrogen) atoms. The molecule has 19 heteroatoms. The molecule has 0 spiro atoms. The van der Waals surface area contributed by atoms with Gasteiger partial charge in [-0.15, -0.1) is 0 Å². The molecule has 0 aromatic carbocycles. The number of rotatable bonds is 71. The van der Waals surface area contributed by atoms with Crippen LogP contribution in [-0.2, 0) is 33.2 Å². The van der Waals surface area contributed by atoms with Gasteiger partial charge in [0.05, 0.1) is 38.6 Å². The van der Waals surface area contributed by atoms with E-state index in [2.05, 4.69) is 67.8 Å². The Balaban J connectivity index is 1.33. The van der Waals surface area contributed by atoms with Crippen molar-refractivity contribution in [1.29, 1.82) is 0 Å². The molecule has 0 aromatic rings. The van der Waals surface area contributed by atoms with Crippen LogP contribution in [0, 0.1) is 0 Å². The topological polar surface area (TPSA) is 307 Å². The van der Waals surface area contributed by atoms with Gasteiger partial charge in [-0.1, -0.05) is 338 Å². The SMILES string of the molecule is CCCCCCC/C=C\C/C=C\CCCCCCCCCCCCCCCCCCCCCCCCCCCC(=O)NC(COC1OC(CO)C(OC2OC(CO)C(OC3OC(CO)C(O)C(O)C3O)C(O)C2O)C(O)C1O)C(O)/C=C/CC/C=C/CC/C=C/CCCCCCCCCCCCCCCCC. The zero-order valence-corrected chi connectivity index (χ0v) is 67.4. The molecule has 0 saturated carbocycles. The lowest BCUT2D eigenvalue weighted by Gasteiger charge is -2.48. The van der Waals surface area contributed by atoms with E-state index in [1.807, 2.05) is 6.08 Å². The van der Waals surface area contributed by atoms with Gasteiger partial charge in [0.1, 0.15) is 73.2 Å². The second-order valence-corrected chi connectivity index (χ2v) is 31.3. The van der Waals surface area contributed by atoms with E-state index >= 15 is 0 Å². The predicted octanol–water partition coefficient (Wildman–Crippen LogP) is 16.2. The number of amides is 1. The van der Waals surface area contributed by atoms with E-state index in [9.17, 15) is 61.0 Å². The van der Waals surface area contributed by atoms with Crippen molar-refractivity contribution in [3.8, 4) is 0 Å². The van der Waals surface area contributed by atoms with E-state index < -0.39 is 124 Å². The summed E-state index contributed by atoms with van der Waals surface area (Å²) in [4.78, 5) is 13.5. The highest BCUT2D eigenvalue weighted by atomic mass is 16.8.